The Morgan fingerprint density at radius 1 is 1.14 bits per heavy atom. The van der Waals surface area contributed by atoms with Gasteiger partial charge in [-0.3, -0.25) is 4.79 Å². The number of hydrogen-bond donors (Lipinski definition) is 4. The van der Waals surface area contributed by atoms with Crippen molar-refractivity contribution in [3.05, 3.63) is 47.4 Å². The molecule has 0 spiro atoms. The Morgan fingerprint density at radius 3 is 2.74 bits per heavy atom. The molecule has 7 heteroatoms. The first kappa shape index (κ1) is 29.4. The Kier molecular flexibility index (Phi) is 7.78. The number of aliphatic hydroxyl groups is 1. The van der Waals surface area contributed by atoms with Crippen LogP contribution in [0.2, 0.25) is 0 Å². The van der Waals surface area contributed by atoms with Gasteiger partial charge in [0.2, 0.25) is 5.91 Å². The molecule has 0 radical (unpaired) electrons. The van der Waals surface area contributed by atoms with Gasteiger partial charge in [-0.25, -0.2) is 9.18 Å². The lowest BCUT2D eigenvalue weighted by atomic mass is 9.47. The van der Waals surface area contributed by atoms with Gasteiger partial charge in [0.25, 0.3) is 0 Å². The van der Waals surface area contributed by atoms with Crippen molar-refractivity contribution in [2.75, 3.05) is 0 Å². The Bertz CT molecular complexity index is 1380. The van der Waals surface area contributed by atoms with E-state index >= 15 is 0 Å². The number of rotatable bonds is 8. The predicted octanol–water partition coefficient (Wildman–Crippen LogP) is 6.78. The van der Waals surface area contributed by atoms with Crippen LogP contribution in [0.15, 0.2) is 36.0 Å². The number of carboxylic acids is 1. The molecule has 0 aliphatic heterocycles. The lowest BCUT2D eigenvalue weighted by Crippen LogP contribution is -2.50. The van der Waals surface area contributed by atoms with Crippen molar-refractivity contribution < 1.29 is 24.2 Å². The fourth-order valence-electron chi connectivity index (χ4n) is 10.2. The van der Waals surface area contributed by atoms with Crippen LogP contribution in [0, 0.1) is 46.2 Å². The number of hydrogen-bond acceptors (Lipinski definition) is 3. The van der Waals surface area contributed by atoms with Gasteiger partial charge in [-0.05, 0) is 122 Å². The number of H-pyrrole nitrogens is 1. The van der Waals surface area contributed by atoms with E-state index in [0.717, 1.165) is 37.6 Å². The largest absolute Gasteiger partial charge is 0.480 e. The molecule has 228 valence electrons. The third-order valence-corrected chi connectivity index (χ3v) is 12.5. The number of aliphatic carboxylic acids is 1. The second kappa shape index (κ2) is 11.1. The molecule has 9 atom stereocenters. The SMILES string of the molecule is C[C@H](CCC(=O)N[C@@H](Cc1c[nH]c2ccc(F)cc12)C(=O)O)[C@H]1CC[C@H]2[C@@H]3CC=C4C[C@@H](O)CC[C@]4(C)[C@H]3CC[C@]12C. The highest BCUT2D eigenvalue weighted by molar-refractivity contribution is 5.86. The molecule has 4 N–H and O–H groups in total. The minimum Gasteiger partial charge on any atom is -0.480 e. The van der Waals surface area contributed by atoms with E-state index in [2.05, 4.69) is 37.1 Å². The molecule has 4 aliphatic carbocycles. The number of allylic oxidation sites excluding steroid dienone is 1. The smallest absolute Gasteiger partial charge is 0.326 e. The van der Waals surface area contributed by atoms with Crippen molar-refractivity contribution in [3.63, 3.8) is 0 Å². The summed E-state index contributed by atoms with van der Waals surface area (Å²) in [4.78, 5) is 28.1. The summed E-state index contributed by atoms with van der Waals surface area (Å²) < 4.78 is 13.8. The molecule has 2 aromatic rings. The Labute approximate surface area is 248 Å². The normalized spacial score (nSPS) is 35.5. The van der Waals surface area contributed by atoms with Crippen LogP contribution in [0.25, 0.3) is 10.9 Å². The maximum absolute atomic E-state index is 13.8. The summed E-state index contributed by atoms with van der Waals surface area (Å²) in [5, 5.41) is 23.5. The molecule has 0 bridgehead atoms. The van der Waals surface area contributed by atoms with Crippen molar-refractivity contribution in [1.29, 1.82) is 0 Å². The second-order valence-corrected chi connectivity index (χ2v) is 14.6. The highest BCUT2D eigenvalue weighted by atomic mass is 19.1. The van der Waals surface area contributed by atoms with E-state index in [1.807, 2.05) is 0 Å². The summed E-state index contributed by atoms with van der Waals surface area (Å²) >= 11 is 0. The Balaban J connectivity index is 1.07. The fourth-order valence-corrected chi connectivity index (χ4v) is 10.2. The molecule has 4 aliphatic rings. The van der Waals surface area contributed by atoms with Gasteiger partial charge in [-0.15, -0.1) is 0 Å². The monoisotopic (exact) mass is 578 g/mol. The topological polar surface area (TPSA) is 102 Å². The van der Waals surface area contributed by atoms with E-state index in [1.54, 1.807) is 12.3 Å². The van der Waals surface area contributed by atoms with Crippen LogP contribution in [-0.4, -0.2) is 39.2 Å². The van der Waals surface area contributed by atoms with Gasteiger partial charge in [-0.2, -0.15) is 0 Å². The number of carbonyl (C=O) groups excluding carboxylic acids is 1. The van der Waals surface area contributed by atoms with Gasteiger partial charge in [-0.1, -0.05) is 32.4 Å². The van der Waals surface area contributed by atoms with Gasteiger partial charge in [0, 0.05) is 29.9 Å². The van der Waals surface area contributed by atoms with Crippen LogP contribution in [0.4, 0.5) is 4.39 Å². The lowest BCUT2D eigenvalue weighted by Gasteiger charge is -2.58. The number of aromatic nitrogens is 1. The van der Waals surface area contributed by atoms with Gasteiger partial charge in [0.05, 0.1) is 6.10 Å². The van der Waals surface area contributed by atoms with Crippen LogP contribution >= 0.6 is 0 Å². The number of carbonyl (C=O) groups is 2. The third-order valence-electron chi connectivity index (χ3n) is 12.5. The van der Waals surface area contributed by atoms with Gasteiger partial charge >= 0.3 is 5.97 Å². The van der Waals surface area contributed by atoms with Crippen molar-refractivity contribution in [3.8, 4) is 0 Å². The van der Waals surface area contributed by atoms with E-state index < -0.39 is 12.0 Å². The van der Waals surface area contributed by atoms with Gasteiger partial charge in [0.1, 0.15) is 11.9 Å². The lowest BCUT2D eigenvalue weighted by molar-refractivity contribution is -0.141. The van der Waals surface area contributed by atoms with Crippen molar-refractivity contribution in [1.82, 2.24) is 10.3 Å². The standard InChI is InChI=1S/C35H47FN2O4/c1-20(4-11-32(40)38-31(33(41)42)16-21-19-37-30-10-6-23(36)18-26(21)30)27-8-9-28-25-7-5-22-17-24(39)12-14-34(22,2)29(25)13-15-35(27,28)3/h5-6,10,18-20,24-25,27-29,31,37,39H,4,7-9,11-17H2,1-3H3,(H,38,40)(H,41,42)/t20-,24+,25+,27-,28+,29+,31+,34+,35-/m1/s1. The molecule has 6 rings (SSSR count). The number of amides is 1. The molecule has 1 aromatic carbocycles. The van der Waals surface area contributed by atoms with Crippen LogP contribution in [-0.2, 0) is 16.0 Å². The minimum atomic E-state index is -1.09. The summed E-state index contributed by atoms with van der Waals surface area (Å²) in [6, 6.07) is 3.33. The average molecular weight is 579 g/mol. The highest BCUT2D eigenvalue weighted by Gasteiger charge is 2.59. The molecular weight excluding hydrogens is 531 g/mol. The van der Waals surface area contributed by atoms with Gasteiger partial charge < -0.3 is 20.5 Å². The summed E-state index contributed by atoms with van der Waals surface area (Å²) in [7, 11) is 0. The zero-order valence-electron chi connectivity index (χ0n) is 25.3. The van der Waals surface area contributed by atoms with E-state index in [9.17, 15) is 24.2 Å². The molecule has 3 fully saturated rings. The zero-order valence-corrected chi connectivity index (χ0v) is 25.3. The molecule has 0 unspecified atom stereocenters. The number of nitrogens with one attached hydrogen (secondary N) is 2. The first-order valence-corrected chi connectivity index (χ1v) is 16.1. The van der Waals surface area contributed by atoms with Crippen LogP contribution in [0.1, 0.15) is 90.5 Å². The summed E-state index contributed by atoms with van der Waals surface area (Å²) in [6.07, 6.45) is 14.1. The molecule has 1 amide bonds. The molecular formula is C35H47FN2O4. The van der Waals surface area contributed by atoms with E-state index in [1.165, 1.54) is 43.4 Å². The Hall–Kier alpha value is -2.67. The number of halogens is 1. The van der Waals surface area contributed by atoms with E-state index in [4.69, 9.17) is 0 Å². The Morgan fingerprint density at radius 2 is 1.95 bits per heavy atom. The molecule has 42 heavy (non-hydrogen) atoms. The van der Waals surface area contributed by atoms with Crippen molar-refractivity contribution >= 4 is 22.8 Å². The molecule has 0 saturated heterocycles. The van der Waals surface area contributed by atoms with Crippen molar-refractivity contribution in [2.24, 2.45) is 40.4 Å². The number of carboxylic acid groups (broad SMARTS) is 1. The molecule has 6 nitrogen and oxygen atoms in total. The van der Waals surface area contributed by atoms with E-state index in [0.29, 0.717) is 47.0 Å². The predicted molar refractivity (Wildman–Crippen MR) is 161 cm³/mol. The van der Waals surface area contributed by atoms with Gasteiger partial charge in [0.15, 0.2) is 0 Å². The number of aromatic amines is 1. The molecule has 3 saturated carbocycles. The molecule has 1 heterocycles. The van der Waals surface area contributed by atoms with Crippen LogP contribution in [0.5, 0.6) is 0 Å². The van der Waals surface area contributed by atoms with Crippen LogP contribution in [0.3, 0.4) is 0 Å². The number of aliphatic hydroxyl groups excluding tert-OH is 1. The molecule has 1 aromatic heterocycles. The van der Waals surface area contributed by atoms with E-state index in [-0.39, 0.29) is 35.1 Å². The summed E-state index contributed by atoms with van der Waals surface area (Å²) in [5.41, 5.74) is 3.45. The maximum atomic E-state index is 13.8. The maximum Gasteiger partial charge on any atom is 0.326 e. The first-order chi connectivity index (χ1) is 20.0. The van der Waals surface area contributed by atoms with Crippen molar-refractivity contribution in [2.45, 2.75) is 104 Å². The summed E-state index contributed by atoms with van der Waals surface area (Å²) in [5.74, 6) is 1.38. The summed E-state index contributed by atoms with van der Waals surface area (Å²) in [6.45, 7) is 7.27. The third kappa shape index (κ3) is 5.10. The average Bonchev–Trinajstić information content (AvgIpc) is 3.51. The fraction of sp³-hybridized carbons (Fsp3) is 0.657. The van der Waals surface area contributed by atoms with Crippen LogP contribution < -0.4 is 5.32 Å². The quantitative estimate of drug-likeness (QED) is 0.260. The number of fused-ring (bicyclic) bond motifs is 6. The zero-order chi connectivity index (χ0) is 29.8. The first-order valence-electron chi connectivity index (χ1n) is 16.1. The highest BCUT2D eigenvalue weighted by Crippen LogP contribution is 2.67. The number of benzene rings is 1. The minimum absolute atomic E-state index is 0.0963. The second-order valence-electron chi connectivity index (χ2n) is 14.6.